The van der Waals surface area contributed by atoms with Crippen molar-refractivity contribution in [1.29, 1.82) is 0 Å². The van der Waals surface area contributed by atoms with Gasteiger partial charge in [-0.3, -0.25) is 4.79 Å². The molecule has 5 rings (SSSR count). The molecule has 1 aromatic heterocycles. The number of likely N-dealkylation sites (tertiary alicyclic amines) is 1. The van der Waals surface area contributed by atoms with Gasteiger partial charge in [0.2, 0.25) is 0 Å². The van der Waals surface area contributed by atoms with Crippen LogP contribution in [0.15, 0.2) is 41.6 Å². The zero-order valence-corrected chi connectivity index (χ0v) is 26.2. The fourth-order valence-electron chi connectivity index (χ4n) is 5.71. The van der Waals surface area contributed by atoms with E-state index in [0.717, 1.165) is 17.2 Å². The Bertz CT molecular complexity index is 1800. The van der Waals surface area contributed by atoms with E-state index in [0.29, 0.717) is 37.5 Å². The van der Waals surface area contributed by atoms with Crippen LogP contribution in [0.2, 0.25) is 0 Å². The van der Waals surface area contributed by atoms with Gasteiger partial charge in [0.05, 0.1) is 41.6 Å². The maximum absolute atomic E-state index is 13.6. The number of carbonyl (C=O) groups excluding carboxylic acids is 1. The molecular formula is C31H34F5N5O4S. The summed E-state index contributed by atoms with van der Waals surface area (Å²) in [6, 6.07) is 6.95. The van der Waals surface area contributed by atoms with Crippen LogP contribution in [-0.2, 0) is 16.4 Å². The molecular weight excluding hydrogens is 633 g/mol. The molecule has 15 heteroatoms. The van der Waals surface area contributed by atoms with Crippen molar-refractivity contribution in [3.8, 4) is 17.6 Å². The van der Waals surface area contributed by atoms with E-state index in [4.69, 9.17) is 4.74 Å². The molecule has 2 N–H and O–H groups in total. The van der Waals surface area contributed by atoms with Gasteiger partial charge in [0.1, 0.15) is 17.8 Å². The van der Waals surface area contributed by atoms with E-state index in [9.17, 15) is 35.2 Å². The first-order valence-corrected chi connectivity index (χ1v) is 16.5. The SMILES string of the molecule is COc1ccc(S(C)(=O)=O)cc1NCC#Cc1cc(C(=O)N[C@H]2CCN(CC3CC3(F)F)C[C@@H]2C)c2ncn(CC(F)(F)F)c2c1. The van der Waals surface area contributed by atoms with Crippen LogP contribution in [0.3, 0.4) is 0 Å². The minimum absolute atomic E-state index is 0.0217. The molecule has 1 amide bonds. The van der Waals surface area contributed by atoms with Crippen molar-refractivity contribution < 1.29 is 39.9 Å². The van der Waals surface area contributed by atoms with Gasteiger partial charge in [-0.15, -0.1) is 0 Å². The highest BCUT2D eigenvalue weighted by Gasteiger charge is 2.57. The minimum Gasteiger partial charge on any atom is -0.495 e. The minimum atomic E-state index is -4.53. The molecule has 1 unspecified atom stereocenters. The highest BCUT2D eigenvalue weighted by atomic mass is 32.2. The van der Waals surface area contributed by atoms with Gasteiger partial charge in [-0.25, -0.2) is 22.2 Å². The van der Waals surface area contributed by atoms with Gasteiger partial charge in [0, 0.05) is 49.8 Å². The Morgan fingerprint density at radius 1 is 1.22 bits per heavy atom. The van der Waals surface area contributed by atoms with Crippen LogP contribution >= 0.6 is 0 Å². The van der Waals surface area contributed by atoms with Crippen molar-refractivity contribution in [3.05, 3.63) is 47.8 Å². The summed E-state index contributed by atoms with van der Waals surface area (Å²) in [5.41, 5.74) is 0.884. The van der Waals surface area contributed by atoms with E-state index in [1.54, 1.807) is 0 Å². The number of hydrogen-bond acceptors (Lipinski definition) is 7. The molecule has 248 valence electrons. The summed E-state index contributed by atoms with van der Waals surface area (Å²) in [6.07, 6.45) is -1.99. The number of rotatable bonds is 9. The van der Waals surface area contributed by atoms with Crippen molar-refractivity contribution in [3.63, 3.8) is 0 Å². The lowest BCUT2D eigenvalue weighted by Gasteiger charge is -2.37. The molecule has 9 nitrogen and oxygen atoms in total. The number of sulfone groups is 1. The summed E-state index contributed by atoms with van der Waals surface area (Å²) in [6.45, 7) is 2.01. The predicted octanol–water partition coefficient (Wildman–Crippen LogP) is 4.57. The molecule has 2 heterocycles. The summed E-state index contributed by atoms with van der Waals surface area (Å²) >= 11 is 0. The number of amides is 1. The third kappa shape index (κ3) is 7.90. The summed E-state index contributed by atoms with van der Waals surface area (Å²) in [4.78, 5) is 19.7. The highest BCUT2D eigenvalue weighted by Crippen LogP contribution is 2.49. The average molecular weight is 668 g/mol. The van der Waals surface area contributed by atoms with Gasteiger partial charge in [-0.05, 0) is 42.7 Å². The zero-order chi connectivity index (χ0) is 33.4. The number of halogens is 5. The van der Waals surface area contributed by atoms with Crippen LogP contribution < -0.4 is 15.4 Å². The summed E-state index contributed by atoms with van der Waals surface area (Å²) in [5, 5.41) is 5.96. The predicted molar refractivity (Wildman–Crippen MR) is 162 cm³/mol. The van der Waals surface area contributed by atoms with Crippen molar-refractivity contribution in [1.82, 2.24) is 19.8 Å². The zero-order valence-electron chi connectivity index (χ0n) is 25.4. The molecule has 2 aliphatic rings. The lowest BCUT2D eigenvalue weighted by molar-refractivity contribution is -0.140. The van der Waals surface area contributed by atoms with E-state index in [-0.39, 0.29) is 52.0 Å². The first-order valence-electron chi connectivity index (χ1n) is 14.6. The molecule has 1 aliphatic carbocycles. The van der Waals surface area contributed by atoms with E-state index < -0.39 is 40.3 Å². The number of fused-ring (bicyclic) bond motifs is 1. The lowest BCUT2D eigenvalue weighted by Crippen LogP contribution is -2.50. The second-order valence-electron chi connectivity index (χ2n) is 11.9. The van der Waals surface area contributed by atoms with Crippen molar-refractivity contribution in [2.45, 2.75) is 49.3 Å². The molecule has 46 heavy (non-hydrogen) atoms. The van der Waals surface area contributed by atoms with Crippen molar-refractivity contribution >= 4 is 32.5 Å². The number of hydrogen-bond donors (Lipinski definition) is 2. The number of nitrogens with zero attached hydrogens (tertiary/aromatic N) is 3. The Morgan fingerprint density at radius 3 is 2.59 bits per heavy atom. The number of methoxy groups -OCH3 is 1. The second-order valence-corrected chi connectivity index (χ2v) is 14.0. The molecule has 1 saturated heterocycles. The number of imidazole rings is 1. The van der Waals surface area contributed by atoms with Gasteiger partial charge in [0.25, 0.3) is 11.8 Å². The number of benzene rings is 2. The molecule has 0 bridgehead atoms. The normalized spacial score (nSPS) is 21.3. The topological polar surface area (TPSA) is 106 Å². The third-order valence-electron chi connectivity index (χ3n) is 8.26. The van der Waals surface area contributed by atoms with Crippen molar-refractivity contribution in [2.24, 2.45) is 11.8 Å². The molecule has 2 aromatic carbocycles. The number of aromatic nitrogens is 2. The molecule has 2 fully saturated rings. The Morgan fingerprint density at radius 2 is 1.96 bits per heavy atom. The Kier molecular flexibility index (Phi) is 9.25. The van der Waals surface area contributed by atoms with Gasteiger partial charge >= 0.3 is 6.18 Å². The molecule has 1 saturated carbocycles. The summed E-state index contributed by atoms with van der Waals surface area (Å²) in [5.74, 6) is 2.31. The van der Waals surface area contributed by atoms with Gasteiger partial charge in [0.15, 0.2) is 9.84 Å². The quantitative estimate of drug-likeness (QED) is 0.255. The summed E-state index contributed by atoms with van der Waals surface area (Å²) in [7, 11) is -2.05. The molecule has 3 aromatic rings. The largest absolute Gasteiger partial charge is 0.495 e. The number of anilines is 1. The fourth-order valence-corrected chi connectivity index (χ4v) is 6.35. The average Bonchev–Trinajstić information content (AvgIpc) is 3.37. The van der Waals surface area contributed by atoms with Gasteiger partial charge in [-0.2, -0.15) is 13.2 Å². The maximum atomic E-state index is 13.6. The number of ether oxygens (including phenoxy) is 1. The van der Waals surface area contributed by atoms with Crippen LogP contribution in [0.5, 0.6) is 5.75 Å². The Hall–Kier alpha value is -3.90. The first kappa shape index (κ1) is 33.5. The van der Waals surface area contributed by atoms with Crippen molar-refractivity contribution in [2.75, 3.05) is 44.9 Å². The van der Waals surface area contributed by atoms with E-state index >= 15 is 0 Å². The van der Waals surface area contributed by atoms with Crippen LogP contribution in [0.1, 0.15) is 35.7 Å². The van der Waals surface area contributed by atoms with Gasteiger partial charge < -0.3 is 24.8 Å². The Labute approximate surface area is 263 Å². The standard InChI is InChI=1S/C31H34F5N5O4S/c1-19-15-40(16-21-14-30(21,32)33)10-8-24(19)39-29(42)23-11-20(12-26-28(23)38-18-41(26)17-31(34,35)36)5-4-9-37-25-13-22(46(3,43)44)6-7-27(25)45-2/h6-7,11-13,18-19,21,24,37H,8-10,14-17H2,1-3H3,(H,39,42)/t19-,21?,24-/m0/s1. The third-order valence-corrected chi connectivity index (χ3v) is 9.37. The van der Waals surface area contributed by atoms with E-state index in [2.05, 4.69) is 27.5 Å². The lowest BCUT2D eigenvalue weighted by atomic mass is 9.93. The molecule has 0 spiro atoms. The maximum Gasteiger partial charge on any atom is 0.406 e. The Balaban J connectivity index is 1.35. The van der Waals surface area contributed by atoms with Crippen LogP contribution in [0.25, 0.3) is 11.0 Å². The number of carbonyl (C=O) groups is 1. The van der Waals surface area contributed by atoms with E-state index in [1.807, 2.05) is 11.8 Å². The molecule has 1 aliphatic heterocycles. The summed E-state index contributed by atoms with van der Waals surface area (Å²) < 4.78 is 96.9. The van der Waals surface area contributed by atoms with Gasteiger partial charge in [-0.1, -0.05) is 18.8 Å². The fraction of sp³-hybridized carbons (Fsp3) is 0.484. The number of alkyl halides is 5. The first-order chi connectivity index (χ1) is 21.5. The van der Waals surface area contributed by atoms with Crippen LogP contribution in [-0.4, -0.2) is 86.5 Å². The second kappa shape index (κ2) is 12.7. The number of nitrogens with one attached hydrogen (secondary N) is 2. The molecule has 3 atom stereocenters. The van der Waals surface area contributed by atoms with Crippen LogP contribution in [0, 0.1) is 23.7 Å². The smallest absolute Gasteiger partial charge is 0.406 e. The number of piperidine rings is 1. The monoisotopic (exact) mass is 667 g/mol. The van der Waals surface area contributed by atoms with Crippen LogP contribution in [0.4, 0.5) is 27.6 Å². The van der Waals surface area contributed by atoms with E-state index in [1.165, 1.54) is 37.4 Å². The molecule has 0 radical (unpaired) electrons. The highest BCUT2D eigenvalue weighted by molar-refractivity contribution is 7.90.